The van der Waals surface area contributed by atoms with Gasteiger partial charge in [0.2, 0.25) is 0 Å². The number of hydrogen-bond donors (Lipinski definition) is 2. The number of aryl methyl sites for hydroxylation is 1. The van der Waals surface area contributed by atoms with Crippen LogP contribution in [-0.2, 0) is 9.47 Å². The number of halogens is 5. The monoisotopic (exact) mass is 744 g/mol. The molecule has 2 aliphatic rings. The molecule has 4 heterocycles. The Bertz CT molecular complexity index is 2140. The van der Waals surface area contributed by atoms with Gasteiger partial charge in [0.1, 0.15) is 35.4 Å². The summed E-state index contributed by atoms with van der Waals surface area (Å²) in [4.78, 5) is 31.5. The van der Waals surface area contributed by atoms with Crippen LogP contribution in [0.3, 0.4) is 0 Å². The van der Waals surface area contributed by atoms with E-state index in [0.717, 1.165) is 47.5 Å². The summed E-state index contributed by atoms with van der Waals surface area (Å²) in [6, 6.07) is 16.0. The summed E-state index contributed by atoms with van der Waals surface area (Å²) in [6.07, 6.45) is 2.90. The summed E-state index contributed by atoms with van der Waals surface area (Å²) >= 11 is 3.28. The lowest BCUT2D eigenvalue weighted by molar-refractivity contribution is 0.129. The highest BCUT2D eigenvalue weighted by atomic mass is 79.9. The van der Waals surface area contributed by atoms with Gasteiger partial charge in [0.05, 0.1) is 0 Å². The van der Waals surface area contributed by atoms with Gasteiger partial charge in [-0.2, -0.15) is 0 Å². The summed E-state index contributed by atoms with van der Waals surface area (Å²) in [6.45, 7) is 2.00. The first kappa shape index (κ1) is 34.1. The maximum absolute atomic E-state index is 14.2. The van der Waals surface area contributed by atoms with Crippen molar-refractivity contribution < 1.29 is 36.6 Å². The van der Waals surface area contributed by atoms with Crippen LogP contribution in [0.15, 0.2) is 102 Å². The molecular weight excluding hydrogens is 720 g/mol. The van der Waals surface area contributed by atoms with Crippen LogP contribution in [0, 0.1) is 42.0 Å². The molecule has 2 aliphatic heterocycles. The van der Waals surface area contributed by atoms with Crippen LogP contribution in [0.1, 0.15) is 63.2 Å². The molecule has 3 aromatic carbocycles. The van der Waals surface area contributed by atoms with Crippen LogP contribution in [0.2, 0.25) is 0 Å². The molecule has 2 saturated heterocycles. The zero-order chi connectivity index (χ0) is 35.4. The van der Waals surface area contributed by atoms with E-state index in [1.54, 1.807) is 30.7 Å². The number of benzene rings is 3. The lowest BCUT2D eigenvalue weighted by atomic mass is 9.96. The Kier molecular flexibility index (Phi) is 10.1. The van der Waals surface area contributed by atoms with E-state index < -0.39 is 59.7 Å². The number of pyridine rings is 2. The first-order valence-electron chi connectivity index (χ1n) is 15.0. The Labute approximate surface area is 292 Å². The maximum Gasteiger partial charge on any atom is 0.408 e. The second-order valence-corrected chi connectivity index (χ2v) is 12.2. The lowest BCUT2D eigenvalue weighted by Gasteiger charge is -2.18. The van der Waals surface area contributed by atoms with Gasteiger partial charge in [-0.05, 0) is 94.6 Å². The average Bonchev–Trinajstić information content (AvgIpc) is 3.69. The van der Waals surface area contributed by atoms with Crippen molar-refractivity contribution in [3.05, 3.63) is 164 Å². The number of cyclic esters (lactones) is 2. The first-order chi connectivity index (χ1) is 24.0. The molecule has 50 heavy (non-hydrogen) atoms. The number of rotatable bonds is 4. The van der Waals surface area contributed by atoms with E-state index in [0.29, 0.717) is 21.2 Å². The number of nitrogens with one attached hydrogen (secondary N) is 2. The number of amides is 2. The number of nitrogens with zero attached hydrogens (tertiary/aromatic N) is 2. The van der Waals surface area contributed by atoms with E-state index in [1.807, 2.05) is 31.2 Å². The van der Waals surface area contributed by atoms with E-state index in [4.69, 9.17) is 9.47 Å². The Morgan fingerprint density at radius 1 is 0.640 bits per heavy atom. The fraction of sp³-hybridized carbons (Fsp3) is 0.135. The second-order valence-electron chi connectivity index (χ2n) is 11.3. The summed E-state index contributed by atoms with van der Waals surface area (Å²) in [5.74, 6) is 3.59. The number of alkyl carbamates (subject to hydrolysis) is 2. The van der Waals surface area contributed by atoms with E-state index in [2.05, 4.69) is 48.4 Å². The maximum atomic E-state index is 14.2. The standard InChI is InChI=1S/C23H16F2N2O2.C14H9BrF2N2O2/c1-14-2-4-15(5-3-14)6-7-16-10-17(13-26-12-16)21-22(29-23(28)27-21)19-11-18(24)8-9-20(19)25;15-8-3-7(5-18-6-8)12-13(21-14(20)19-12)10-4-9(16)1-2-11(10)17/h2-5,8-13,21-22H,1H3,(H,27,28);1-6,12-13H,(H,19,20)/t21-,22-;12-,13-/m11/s1. The fourth-order valence-corrected chi connectivity index (χ4v) is 5.77. The molecule has 7 rings (SSSR count). The molecule has 4 atom stereocenters. The minimum absolute atomic E-state index is 0.0154. The zero-order valence-electron chi connectivity index (χ0n) is 26.0. The molecule has 2 N–H and O–H groups in total. The van der Waals surface area contributed by atoms with Gasteiger partial charge in [0, 0.05) is 51.5 Å². The topological polar surface area (TPSA) is 102 Å². The number of hydrogen-bond acceptors (Lipinski definition) is 6. The number of ether oxygens (including phenoxy) is 2. The predicted molar refractivity (Wildman–Crippen MR) is 176 cm³/mol. The molecule has 0 spiro atoms. The van der Waals surface area contributed by atoms with Crippen LogP contribution in [0.5, 0.6) is 0 Å². The van der Waals surface area contributed by atoms with Crippen molar-refractivity contribution in [2.75, 3.05) is 0 Å². The number of carbonyl (C=O) groups is 2. The van der Waals surface area contributed by atoms with Gasteiger partial charge in [-0.1, -0.05) is 29.5 Å². The normalized spacial score (nSPS) is 19.2. The third-order valence-corrected chi connectivity index (χ3v) is 8.19. The molecule has 0 radical (unpaired) electrons. The SMILES string of the molecule is Cc1ccc(C#Cc2cncc([C@H]3NC(=O)O[C@@H]3c3cc(F)ccc3F)c2)cc1.O=C1N[C@H](c2cncc(Br)c2)[C@@H](c2cc(F)ccc2F)O1. The van der Waals surface area contributed by atoms with Gasteiger partial charge in [0.25, 0.3) is 0 Å². The van der Waals surface area contributed by atoms with Gasteiger partial charge in [-0.25, -0.2) is 27.2 Å². The molecule has 2 fully saturated rings. The molecule has 0 bridgehead atoms. The predicted octanol–water partition coefficient (Wildman–Crippen LogP) is 8.23. The summed E-state index contributed by atoms with van der Waals surface area (Å²) in [7, 11) is 0. The minimum atomic E-state index is -1.01. The van der Waals surface area contributed by atoms with E-state index >= 15 is 0 Å². The largest absolute Gasteiger partial charge is 0.439 e. The summed E-state index contributed by atoms with van der Waals surface area (Å²) in [5.41, 5.74) is 3.79. The molecular formula is C37H25BrF4N4O4. The second kappa shape index (κ2) is 14.8. The molecule has 2 aromatic heterocycles. The third kappa shape index (κ3) is 7.93. The Morgan fingerprint density at radius 2 is 1.14 bits per heavy atom. The smallest absolute Gasteiger partial charge is 0.408 e. The van der Waals surface area contributed by atoms with Crippen molar-refractivity contribution in [1.82, 2.24) is 20.6 Å². The van der Waals surface area contributed by atoms with Gasteiger partial charge in [0.15, 0.2) is 12.2 Å². The molecule has 2 amide bonds. The molecule has 252 valence electrons. The van der Waals surface area contributed by atoms with Gasteiger partial charge < -0.3 is 20.1 Å². The average molecular weight is 746 g/mol. The molecule has 13 heteroatoms. The molecule has 0 aliphatic carbocycles. The zero-order valence-corrected chi connectivity index (χ0v) is 27.6. The van der Waals surface area contributed by atoms with Crippen LogP contribution in [0.4, 0.5) is 27.2 Å². The van der Waals surface area contributed by atoms with Crippen molar-refractivity contribution in [2.45, 2.75) is 31.2 Å². The molecule has 8 nitrogen and oxygen atoms in total. The number of carbonyl (C=O) groups excluding carboxylic acids is 2. The highest BCUT2D eigenvalue weighted by molar-refractivity contribution is 9.10. The van der Waals surface area contributed by atoms with E-state index in [-0.39, 0.29) is 11.1 Å². The van der Waals surface area contributed by atoms with E-state index in [1.165, 1.54) is 6.20 Å². The minimum Gasteiger partial charge on any atom is -0.439 e. The van der Waals surface area contributed by atoms with Crippen molar-refractivity contribution in [2.24, 2.45) is 0 Å². The van der Waals surface area contributed by atoms with Crippen molar-refractivity contribution in [3.8, 4) is 11.8 Å². The quantitative estimate of drug-likeness (QED) is 0.142. The molecule has 0 unspecified atom stereocenters. The van der Waals surface area contributed by atoms with Crippen molar-refractivity contribution >= 4 is 28.1 Å². The lowest BCUT2D eigenvalue weighted by Crippen LogP contribution is -2.20. The van der Waals surface area contributed by atoms with Crippen molar-refractivity contribution in [1.29, 1.82) is 0 Å². The van der Waals surface area contributed by atoms with Crippen LogP contribution in [0.25, 0.3) is 0 Å². The Hall–Kier alpha value is -5.74. The van der Waals surface area contributed by atoms with Crippen LogP contribution >= 0.6 is 15.9 Å². The molecule has 5 aromatic rings. The highest BCUT2D eigenvalue weighted by Crippen LogP contribution is 2.39. The van der Waals surface area contributed by atoms with Gasteiger partial charge in [-0.3, -0.25) is 9.97 Å². The third-order valence-electron chi connectivity index (χ3n) is 7.76. The highest BCUT2D eigenvalue weighted by Gasteiger charge is 2.39. The van der Waals surface area contributed by atoms with E-state index in [9.17, 15) is 27.2 Å². The van der Waals surface area contributed by atoms with Crippen molar-refractivity contribution in [3.63, 3.8) is 0 Å². The van der Waals surface area contributed by atoms with Crippen LogP contribution in [-0.4, -0.2) is 22.2 Å². The fourth-order valence-electron chi connectivity index (χ4n) is 5.38. The Morgan fingerprint density at radius 3 is 1.68 bits per heavy atom. The summed E-state index contributed by atoms with van der Waals surface area (Å²) < 4.78 is 66.1. The van der Waals surface area contributed by atoms with Gasteiger partial charge >= 0.3 is 12.2 Å². The Balaban J connectivity index is 0.000000182. The summed E-state index contributed by atoms with van der Waals surface area (Å²) in [5, 5.41) is 5.22. The first-order valence-corrected chi connectivity index (χ1v) is 15.8. The van der Waals surface area contributed by atoms with Crippen LogP contribution < -0.4 is 10.6 Å². The number of aromatic nitrogens is 2. The molecule has 0 saturated carbocycles. The van der Waals surface area contributed by atoms with Gasteiger partial charge in [-0.15, -0.1) is 0 Å².